The summed E-state index contributed by atoms with van der Waals surface area (Å²) in [5.41, 5.74) is 8.36. The van der Waals surface area contributed by atoms with Crippen LogP contribution in [0, 0.1) is 0 Å². The van der Waals surface area contributed by atoms with Crippen molar-refractivity contribution in [1.82, 2.24) is 4.98 Å². The third-order valence-electron chi connectivity index (χ3n) is 3.06. The number of nitrogens with two attached hydrogens (primary N) is 1. The average Bonchev–Trinajstić information content (AvgIpc) is 2.45. The predicted molar refractivity (Wildman–Crippen MR) is 82.8 cm³/mol. The summed E-state index contributed by atoms with van der Waals surface area (Å²) in [6, 6.07) is 12.0. The first-order valence-electron chi connectivity index (χ1n) is 6.54. The van der Waals surface area contributed by atoms with Gasteiger partial charge in [0.1, 0.15) is 5.03 Å². The van der Waals surface area contributed by atoms with Gasteiger partial charge in [-0.3, -0.25) is 4.79 Å². The third kappa shape index (κ3) is 3.61. The number of primary amides is 1. The molecule has 0 saturated heterocycles. The SMILES string of the molecule is CC(C)c1ccc(CSc2ncccc2C(N)=O)cc1. The zero-order chi connectivity index (χ0) is 14.5. The molecule has 1 amide bonds. The molecule has 1 aromatic heterocycles. The zero-order valence-electron chi connectivity index (χ0n) is 11.7. The van der Waals surface area contributed by atoms with E-state index in [1.165, 1.54) is 22.9 Å². The smallest absolute Gasteiger partial charge is 0.251 e. The van der Waals surface area contributed by atoms with Crippen molar-refractivity contribution in [2.24, 2.45) is 5.73 Å². The first-order chi connectivity index (χ1) is 9.58. The number of carbonyl (C=O) groups is 1. The van der Waals surface area contributed by atoms with E-state index in [-0.39, 0.29) is 0 Å². The molecule has 0 aliphatic rings. The Balaban J connectivity index is 2.07. The van der Waals surface area contributed by atoms with Gasteiger partial charge in [-0.2, -0.15) is 0 Å². The highest BCUT2D eigenvalue weighted by Gasteiger charge is 2.09. The van der Waals surface area contributed by atoms with Gasteiger partial charge in [0.2, 0.25) is 0 Å². The number of aromatic nitrogens is 1. The number of thioether (sulfide) groups is 1. The first-order valence-corrected chi connectivity index (χ1v) is 7.53. The summed E-state index contributed by atoms with van der Waals surface area (Å²) in [6.07, 6.45) is 1.68. The summed E-state index contributed by atoms with van der Waals surface area (Å²) < 4.78 is 0. The number of rotatable bonds is 5. The van der Waals surface area contributed by atoms with Crippen molar-refractivity contribution in [1.29, 1.82) is 0 Å². The standard InChI is InChI=1S/C16H18N2OS/c1-11(2)13-7-5-12(6-8-13)10-20-16-14(15(17)19)4-3-9-18-16/h3-9,11H,10H2,1-2H3,(H2,17,19). The molecule has 0 radical (unpaired) electrons. The molecule has 2 N–H and O–H groups in total. The molecule has 0 saturated carbocycles. The lowest BCUT2D eigenvalue weighted by Crippen LogP contribution is -2.12. The Labute approximate surface area is 123 Å². The molecule has 1 heterocycles. The van der Waals surface area contributed by atoms with E-state index < -0.39 is 5.91 Å². The Bertz CT molecular complexity index is 594. The fraction of sp³-hybridized carbons (Fsp3) is 0.250. The Morgan fingerprint density at radius 3 is 2.55 bits per heavy atom. The normalized spacial score (nSPS) is 10.8. The van der Waals surface area contributed by atoms with E-state index in [9.17, 15) is 4.79 Å². The fourth-order valence-corrected chi connectivity index (χ4v) is 2.80. The van der Waals surface area contributed by atoms with E-state index in [2.05, 4.69) is 43.1 Å². The molecular weight excluding hydrogens is 268 g/mol. The topological polar surface area (TPSA) is 56.0 Å². The van der Waals surface area contributed by atoms with E-state index in [1.807, 2.05) is 0 Å². The van der Waals surface area contributed by atoms with Crippen LogP contribution in [0.1, 0.15) is 41.3 Å². The van der Waals surface area contributed by atoms with Crippen LogP contribution >= 0.6 is 11.8 Å². The number of hydrogen-bond acceptors (Lipinski definition) is 3. The van der Waals surface area contributed by atoms with E-state index in [1.54, 1.807) is 18.3 Å². The highest BCUT2D eigenvalue weighted by molar-refractivity contribution is 7.98. The number of hydrogen-bond donors (Lipinski definition) is 1. The minimum absolute atomic E-state index is 0.434. The van der Waals surface area contributed by atoms with E-state index in [4.69, 9.17) is 5.73 Å². The zero-order valence-corrected chi connectivity index (χ0v) is 12.5. The molecule has 4 heteroatoms. The molecule has 0 aliphatic carbocycles. The van der Waals surface area contributed by atoms with Crippen molar-refractivity contribution in [3.05, 3.63) is 59.3 Å². The maximum atomic E-state index is 11.3. The summed E-state index contributed by atoms with van der Waals surface area (Å²) in [5, 5.41) is 0.688. The molecule has 104 valence electrons. The van der Waals surface area contributed by atoms with Gasteiger partial charge in [-0.25, -0.2) is 4.98 Å². The second kappa shape index (κ2) is 6.57. The van der Waals surface area contributed by atoms with Crippen LogP contribution in [0.2, 0.25) is 0 Å². The van der Waals surface area contributed by atoms with E-state index in [0.29, 0.717) is 16.5 Å². The molecule has 0 atom stereocenters. The van der Waals surface area contributed by atoms with Crippen molar-refractivity contribution < 1.29 is 4.79 Å². The second-order valence-corrected chi connectivity index (χ2v) is 5.87. The molecule has 20 heavy (non-hydrogen) atoms. The summed E-state index contributed by atoms with van der Waals surface area (Å²) in [6.45, 7) is 4.35. The largest absolute Gasteiger partial charge is 0.366 e. The molecule has 2 aromatic rings. The summed E-state index contributed by atoms with van der Waals surface area (Å²) in [5.74, 6) is 0.875. The number of pyridine rings is 1. The van der Waals surface area contributed by atoms with Crippen molar-refractivity contribution in [3.63, 3.8) is 0 Å². The van der Waals surface area contributed by atoms with Gasteiger partial charge >= 0.3 is 0 Å². The third-order valence-corrected chi connectivity index (χ3v) is 4.13. The van der Waals surface area contributed by atoms with Crippen molar-refractivity contribution in [2.75, 3.05) is 0 Å². The maximum absolute atomic E-state index is 11.3. The van der Waals surface area contributed by atoms with Crippen molar-refractivity contribution in [2.45, 2.75) is 30.5 Å². The Hall–Kier alpha value is -1.81. The summed E-state index contributed by atoms with van der Waals surface area (Å²) in [4.78, 5) is 15.5. The molecule has 0 bridgehead atoms. The highest BCUT2D eigenvalue weighted by Crippen LogP contribution is 2.24. The summed E-state index contributed by atoms with van der Waals surface area (Å²) >= 11 is 1.53. The quantitative estimate of drug-likeness (QED) is 0.854. The molecule has 0 unspecified atom stereocenters. The van der Waals surface area contributed by atoms with Crippen LogP contribution in [-0.4, -0.2) is 10.9 Å². The van der Waals surface area contributed by atoms with Crippen LogP contribution in [0.4, 0.5) is 0 Å². The van der Waals surface area contributed by atoms with Crippen LogP contribution in [0.5, 0.6) is 0 Å². The van der Waals surface area contributed by atoms with Crippen LogP contribution in [0.3, 0.4) is 0 Å². The lowest BCUT2D eigenvalue weighted by atomic mass is 10.0. The maximum Gasteiger partial charge on any atom is 0.251 e. The molecule has 1 aromatic carbocycles. The minimum Gasteiger partial charge on any atom is -0.366 e. The van der Waals surface area contributed by atoms with Gasteiger partial charge in [0.25, 0.3) is 5.91 Å². The first kappa shape index (κ1) is 14.6. The van der Waals surface area contributed by atoms with Gasteiger partial charge in [0.05, 0.1) is 5.56 Å². The van der Waals surface area contributed by atoms with Gasteiger partial charge in [-0.15, -0.1) is 11.8 Å². The molecule has 0 aliphatic heterocycles. The number of amides is 1. The fourth-order valence-electron chi connectivity index (χ4n) is 1.84. The van der Waals surface area contributed by atoms with Crippen LogP contribution in [0.15, 0.2) is 47.6 Å². The number of carbonyl (C=O) groups excluding carboxylic acids is 1. The van der Waals surface area contributed by atoms with Crippen molar-refractivity contribution >= 4 is 17.7 Å². The van der Waals surface area contributed by atoms with E-state index in [0.717, 1.165) is 5.75 Å². The van der Waals surface area contributed by atoms with Gasteiger partial charge in [-0.1, -0.05) is 38.1 Å². The average molecular weight is 286 g/mol. The summed E-state index contributed by atoms with van der Waals surface area (Å²) in [7, 11) is 0. The Morgan fingerprint density at radius 2 is 1.95 bits per heavy atom. The molecular formula is C16H18N2OS. The number of nitrogens with zero attached hydrogens (tertiary/aromatic N) is 1. The Kier molecular flexibility index (Phi) is 4.79. The number of benzene rings is 1. The lowest BCUT2D eigenvalue weighted by molar-refractivity contribution is 0.0997. The molecule has 0 spiro atoms. The van der Waals surface area contributed by atoms with Gasteiger partial charge in [-0.05, 0) is 29.2 Å². The predicted octanol–water partition coefficient (Wildman–Crippen LogP) is 3.60. The van der Waals surface area contributed by atoms with E-state index >= 15 is 0 Å². The second-order valence-electron chi connectivity index (χ2n) is 4.91. The Morgan fingerprint density at radius 1 is 1.25 bits per heavy atom. The van der Waals surface area contributed by atoms with Crippen LogP contribution < -0.4 is 5.73 Å². The molecule has 2 rings (SSSR count). The van der Waals surface area contributed by atoms with Crippen molar-refractivity contribution in [3.8, 4) is 0 Å². The van der Waals surface area contributed by atoms with Gasteiger partial charge in [0.15, 0.2) is 0 Å². The van der Waals surface area contributed by atoms with Crippen LogP contribution in [-0.2, 0) is 5.75 Å². The monoisotopic (exact) mass is 286 g/mol. The molecule has 3 nitrogen and oxygen atoms in total. The van der Waals surface area contributed by atoms with Crippen LogP contribution in [0.25, 0.3) is 0 Å². The molecule has 0 fully saturated rings. The highest BCUT2D eigenvalue weighted by atomic mass is 32.2. The minimum atomic E-state index is -0.434. The lowest BCUT2D eigenvalue weighted by Gasteiger charge is -2.08. The van der Waals surface area contributed by atoms with Gasteiger partial charge < -0.3 is 5.73 Å². The van der Waals surface area contributed by atoms with Gasteiger partial charge in [0, 0.05) is 11.9 Å².